The van der Waals surface area contributed by atoms with Gasteiger partial charge in [-0.15, -0.1) is 5.10 Å². The lowest BCUT2D eigenvalue weighted by molar-refractivity contribution is -0.139. The van der Waals surface area contributed by atoms with Crippen molar-refractivity contribution in [2.45, 2.75) is 25.5 Å². The number of pyridine rings is 1. The summed E-state index contributed by atoms with van der Waals surface area (Å²) in [4.78, 5) is 21.4. The fourth-order valence-corrected chi connectivity index (χ4v) is 4.64. The quantitative estimate of drug-likeness (QED) is 0.569. The van der Waals surface area contributed by atoms with Gasteiger partial charge in [0.1, 0.15) is 18.2 Å². The highest BCUT2D eigenvalue weighted by molar-refractivity contribution is 5.79. The topological polar surface area (TPSA) is 113 Å². The minimum Gasteiger partial charge on any atom is -0.370 e. The Morgan fingerprint density at radius 3 is 2.97 bits per heavy atom. The van der Waals surface area contributed by atoms with E-state index in [4.69, 9.17) is 4.74 Å². The normalized spacial score (nSPS) is 20.6. The monoisotopic (exact) mass is 462 g/mol. The van der Waals surface area contributed by atoms with Crippen molar-refractivity contribution in [2.75, 3.05) is 32.8 Å². The van der Waals surface area contributed by atoms with Crippen LogP contribution in [0, 0.1) is 24.1 Å². The van der Waals surface area contributed by atoms with Gasteiger partial charge in [0.15, 0.2) is 0 Å². The fourth-order valence-electron chi connectivity index (χ4n) is 4.64. The van der Waals surface area contributed by atoms with Gasteiger partial charge in [-0.25, -0.2) is 4.39 Å². The molecule has 1 aromatic carbocycles. The number of nitriles is 1. The number of amides is 1. The second-order valence-electron chi connectivity index (χ2n) is 8.54. The number of ether oxygens (including phenoxy) is 1. The molecule has 0 aliphatic carbocycles. The first-order valence-electron chi connectivity index (χ1n) is 11.0. The summed E-state index contributed by atoms with van der Waals surface area (Å²) in [5, 5.41) is 20.4. The first-order valence-corrected chi connectivity index (χ1v) is 11.0. The zero-order valence-electron chi connectivity index (χ0n) is 18.6. The number of hydrogen-bond acceptors (Lipinski definition) is 8. The number of carbonyl (C=O) groups excluding carboxylic acids is 1. The summed E-state index contributed by atoms with van der Waals surface area (Å²) >= 11 is 0. The highest BCUT2D eigenvalue weighted by Gasteiger charge is 2.36. The standard InChI is InChI=1S/C23H23FN8O2/c1-15-19(2-3-21(24)20(15)8-25)22-12-30-4-5-31(11-18(30)13-34-22)23(33)7-16-6-17(10-26-9-16)32-14-27-28-29-32/h2-3,6,9-10,14,18,22H,4-5,7,11-13H2,1H3. The van der Waals surface area contributed by atoms with E-state index in [1.165, 1.54) is 17.1 Å². The van der Waals surface area contributed by atoms with Crippen LogP contribution in [-0.2, 0) is 16.0 Å². The number of aromatic nitrogens is 5. The van der Waals surface area contributed by atoms with Crippen molar-refractivity contribution in [3.05, 3.63) is 65.0 Å². The molecule has 2 aliphatic rings. The summed E-state index contributed by atoms with van der Waals surface area (Å²) in [7, 11) is 0. The molecule has 2 aliphatic heterocycles. The van der Waals surface area contributed by atoms with Gasteiger partial charge < -0.3 is 9.64 Å². The van der Waals surface area contributed by atoms with Crippen LogP contribution in [0.5, 0.6) is 0 Å². The zero-order valence-corrected chi connectivity index (χ0v) is 18.6. The molecule has 3 aromatic rings. The predicted molar refractivity (Wildman–Crippen MR) is 117 cm³/mol. The summed E-state index contributed by atoms with van der Waals surface area (Å²) in [6.07, 6.45) is 4.81. The van der Waals surface area contributed by atoms with Crippen molar-refractivity contribution >= 4 is 5.91 Å². The lowest BCUT2D eigenvalue weighted by atomic mass is 9.96. The lowest BCUT2D eigenvalue weighted by Crippen LogP contribution is -2.59. The molecule has 0 radical (unpaired) electrons. The molecule has 0 bridgehead atoms. The van der Waals surface area contributed by atoms with Gasteiger partial charge in [-0.3, -0.25) is 14.7 Å². The second-order valence-corrected chi connectivity index (χ2v) is 8.54. The van der Waals surface area contributed by atoms with Gasteiger partial charge in [0, 0.05) is 32.4 Å². The molecule has 5 rings (SSSR count). The van der Waals surface area contributed by atoms with Crippen LogP contribution in [0.15, 0.2) is 36.9 Å². The number of piperazine rings is 1. The molecule has 4 heterocycles. The molecule has 174 valence electrons. The van der Waals surface area contributed by atoms with E-state index < -0.39 is 5.82 Å². The molecule has 34 heavy (non-hydrogen) atoms. The van der Waals surface area contributed by atoms with Crippen molar-refractivity contribution < 1.29 is 13.9 Å². The molecule has 0 N–H and O–H groups in total. The van der Waals surface area contributed by atoms with Gasteiger partial charge >= 0.3 is 0 Å². The molecule has 2 atom stereocenters. The Morgan fingerprint density at radius 1 is 1.29 bits per heavy atom. The van der Waals surface area contributed by atoms with E-state index in [-0.39, 0.29) is 30.0 Å². The molecule has 2 fully saturated rings. The van der Waals surface area contributed by atoms with Gasteiger partial charge in [0.05, 0.1) is 42.6 Å². The van der Waals surface area contributed by atoms with Crippen LogP contribution in [0.25, 0.3) is 5.69 Å². The number of morpholine rings is 1. The van der Waals surface area contributed by atoms with E-state index in [1.807, 2.05) is 17.0 Å². The summed E-state index contributed by atoms with van der Waals surface area (Å²) in [5.74, 6) is -0.478. The van der Waals surface area contributed by atoms with E-state index >= 15 is 0 Å². The average molecular weight is 462 g/mol. The average Bonchev–Trinajstić information content (AvgIpc) is 3.39. The minimum absolute atomic E-state index is 0.0329. The van der Waals surface area contributed by atoms with Crippen LogP contribution in [0.3, 0.4) is 0 Å². The third-order valence-electron chi connectivity index (χ3n) is 6.51. The number of rotatable bonds is 4. The van der Waals surface area contributed by atoms with Gasteiger partial charge in [0.2, 0.25) is 5.91 Å². The van der Waals surface area contributed by atoms with Crippen LogP contribution < -0.4 is 0 Å². The van der Waals surface area contributed by atoms with Crippen LogP contribution >= 0.6 is 0 Å². The van der Waals surface area contributed by atoms with Gasteiger partial charge in [-0.2, -0.15) is 9.94 Å². The Labute approximate surface area is 195 Å². The van der Waals surface area contributed by atoms with Crippen LogP contribution in [0.1, 0.15) is 28.4 Å². The van der Waals surface area contributed by atoms with Crippen molar-refractivity contribution in [1.82, 2.24) is 35.0 Å². The highest BCUT2D eigenvalue weighted by atomic mass is 19.1. The number of carbonyl (C=O) groups is 1. The molecule has 10 nitrogen and oxygen atoms in total. The summed E-state index contributed by atoms with van der Waals surface area (Å²) < 4.78 is 21.5. The first-order chi connectivity index (χ1) is 16.5. The first kappa shape index (κ1) is 22.1. The Morgan fingerprint density at radius 2 is 2.18 bits per heavy atom. The zero-order chi connectivity index (χ0) is 23.7. The molecule has 0 spiro atoms. The van der Waals surface area contributed by atoms with Gasteiger partial charge in [-0.05, 0) is 46.2 Å². The largest absolute Gasteiger partial charge is 0.370 e. The Balaban J connectivity index is 1.22. The SMILES string of the molecule is Cc1c(C2CN3CCN(C(=O)Cc4cncc(-n5cnnn5)c4)CC3CO2)ccc(F)c1C#N. The van der Waals surface area contributed by atoms with Gasteiger partial charge in [-0.1, -0.05) is 6.07 Å². The molecule has 2 aromatic heterocycles. The Kier molecular flexibility index (Phi) is 6.00. The van der Waals surface area contributed by atoms with Crippen molar-refractivity contribution in [2.24, 2.45) is 0 Å². The summed E-state index contributed by atoms with van der Waals surface area (Å²) in [6.45, 7) is 4.79. The maximum Gasteiger partial charge on any atom is 0.227 e. The van der Waals surface area contributed by atoms with Gasteiger partial charge in [0.25, 0.3) is 0 Å². The minimum atomic E-state index is -0.511. The van der Waals surface area contributed by atoms with E-state index in [9.17, 15) is 14.4 Å². The number of tetrazole rings is 1. The van der Waals surface area contributed by atoms with Crippen LogP contribution in [-0.4, -0.2) is 79.7 Å². The Bertz CT molecular complexity index is 1240. The van der Waals surface area contributed by atoms with E-state index in [0.29, 0.717) is 37.5 Å². The fraction of sp³-hybridized carbons (Fsp3) is 0.391. The molecule has 1 amide bonds. The number of hydrogen-bond donors (Lipinski definition) is 0. The molecule has 11 heteroatoms. The number of fused-ring (bicyclic) bond motifs is 1. The molecular weight excluding hydrogens is 439 g/mol. The van der Waals surface area contributed by atoms with Crippen LogP contribution in [0.2, 0.25) is 0 Å². The van der Waals surface area contributed by atoms with Crippen molar-refractivity contribution in [1.29, 1.82) is 5.26 Å². The molecule has 0 saturated carbocycles. The van der Waals surface area contributed by atoms with Crippen molar-refractivity contribution in [3.8, 4) is 11.8 Å². The smallest absolute Gasteiger partial charge is 0.227 e. The van der Waals surface area contributed by atoms with E-state index in [0.717, 1.165) is 17.7 Å². The Hall–Kier alpha value is -3.75. The number of benzene rings is 1. The predicted octanol–water partition coefficient (Wildman–Crippen LogP) is 1.20. The number of halogens is 1. The summed E-state index contributed by atoms with van der Waals surface area (Å²) in [6, 6.07) is 6.92. The molecular formula is C23H23FN8O2. The van der Waals surface area contributed by atoms with Crippen molar-refractivity contribution in [3.63, 3.8) is 0 Å². The lowest BCUT2D eigenvalue weighted by Gasteiger charge is -2.46. The summed E-state index contributed by atoms with van der Waals surface area (Å²) in [5.41, 5.74) is 3.02. The maximum atomic E-state index is 13.9. The molecule has 2 saturated heterocycles. The second kappa shape index (κ2) is 9.24. The van der Waals surface area contributed by atoms with Crippen LogP contribution in [0.4, 0.5) is 4.39 Å². The van der Waals surface area contributed by atoms with E-state index in [1.54, 1.807) is 25.4 Å². The van der Waals surface area contributed by atoms with E-state index in [2.05, 4.69) is 25.4 Å². The highest BCUT2D eigenvalue weighted by Crippen LogP contribution is 2.31. The third-order valence-corrected chi connectivity index (χ3v) is 6.51. The number of nitrogens with zero attached hydrogens (tertiary/aromatic N) is 8. The molecule has 2 unspecified atom stereocenters. The third kappa shape index (κ3) is 4.25. The maximum absolute atomic E-state index is 13.9.